The predicted molar refractivity (Wildman–Crippen MR) is 63.9 cm³/mol. The molecule has 0 radical (unpaired) electrons. The molecule has 5 nitrogen and oxygen atoms in total. The molecule has 1 saturated carbocycles. The summed E-state index contributed by atoms with van der Waals surface area (Å²) >= 11 is 0. The van der Waals surface area contributed by atoms with Crippen LogP contribution in [0.3, 0.4) is 0 Å². The van der Waals surface area contributed by atoms with Crippen LogP contribution < -0.4 is 0 Å². The highest BCUT2D eigenvalue weighted by atomic mass is 32.2. The molecule has 0 spiro atoms. The normalized spacial score (nSPS) is 22.1. The molecule has 0 bridgehead atoms. The quantitative estimate of drug-likeness (QED) is 0.811. The van der Waals surface area contributed by atoms with Gasteiger partial charge in [0.15, 0.2) is 0 Å². The highest BCUT2D eigenvalue weighted by Crippen LogP contribution is 2.36. The number of aromatic nitrogens is 2. The number of imidazole rings is 1. The zero-order chi connectivity index (χ0) is 11.9. The van der Waals surface area contributed by atoms with E-state index in [1.165, 1.54) is 0 Å². The maximum Gasteiger partial charge on any atom is 0.221 e. The summed E-state index contributed by atoms with van der Waals surface area (Å²) in [5, 5.41) is 0. The van der Waals surface area contributed by atoms with E-state index < -0.39 is 10.0 Å². The zero-order valence-corrected chi connectivity index (χ0v) is 10.6. The molecule has 0 atom stereocenters. The van der Waals surface area contributed by atoms with Crippen LogP contribution >= 0.6 is 0 Å². The molecule has 1 aliphatic carbocycles. The lowest BCUT2D eigenvalue weighted by atomic mass is 10.4. The standard InChI is InChI=1S/C11H17N3O2S/c15-17(16,13-6-1-2-7-13)9-11-12-5-8-14(11)10-3-4-10/h5,8,10H,1-4,6-7,9H2. The lowest BCUT2D eigenvalue weighted by Crippen LogP contribution is -2.30. The molecule has 2 aliphatic rings. The highest BCUT2D eigenvalue weighted by Gasteiger charge is 2.30. The Labute approximate surface area is 101 Å². The minimum absolute atomic E-state index is 0.0521. The van der Waals surface area contributed by atoms with Gasteiger partial charge in [-0.3, -0.25) is 0 Å². The van der Waals surface area contributed by atoms with E-state index in [4.69, 9.17) is 0 Å². The second kappa shape index (κ2) is 4.10. The van der Waals surface area contributed by atoms with Crippen molar-refractivity contribution in [2.45, 2.75) is 37.5 Å². The fourth-order valence-corrected chi connectivity index (χ4v) is 3.91. The zero-order valence-electron chi connectivity index (χ0n) is 9.75. The molecule has 0 unspecified atom stereocenters. The number of rotatable bonds is 4. The van der Waals surface area contributed by atoms with Gasteiger partial charge in [-0.1, -0.05) is 0 Å². The summed E-state index contributed by atoms with van der Waals surface area (Å²) < 4.78 is 28.0. The molecular formula is C11H17N3O2S. The van der Waals surface area contributed by atoms with Gasteiger partial charge in [-0.2, -0.15) is 0 Å². The fourth-order valence-electron chi connectivity index (χ4n) is 2.36. The third-order valence-corrected chi connectivity index (χ3v) is 5.23. The Hall–Kier alpha value is -0.880. The molecule has 3 rings (SSSR count). The van der Waals surface area contributed by atoms with Crippen molar-refractivity contribution in [1.82, 2.24) is 13.9 Å². The van der Waals surface area contributed by atoms with Gasteiger partial charge in [0.1, 0.15) is 11.6 Å². The van der Waals surface area contributed by atoms with Crippen molar-refractivity contribution in [3.63, 3.8) is 0 Å². The third-order valence-electron chi connectivity index (χ3n) is 3.46. The fraction of sp³-hybridized carbons (Fsp3) is 0.727. The van der Waals surface area contributed by atoms with Gasteiger partial charge in [-0.25, -0.2) is 17.7 Å². The summed E-state index contributed by atoms with van der Waals surface area (Å²) in [6.07, 6.45) is 7.85. The summed E-state index contributed by atoms with van der Waals surface area (Å²) in [7, 11) is -3.16. The Morgan fingerprint density at radius 1 is 1.29 bits per heavy atom. The lowest BCUT2D eigenvalue weighted by molar-refractivity contribution is 0.474. The Balaban J connectivity index is 1.79. The number of hydrogen-bond donors (Lipinski definition) is 0. The molecule has 0 amide bonds. The molecule has 1 saturated heterocycles. The monoisotopic (exact) mass is 255 g/mol. The minimum atomic E-state index is -3.16. The first kappa shape index (κ1) is 11.2. The molecule has 0 aromatic carbocycles. The molecule has 2 heterocycles. The van der Waals surface area contributed by atoms with Crippen molar-refractivity contribution in [2.75, 3.05) is 13.1 Å². The summed E-state index contributed by atoms with van der Waals surface area (Å²) in [4.78, 5) is 4.19. The average Bonchev–Trinajstić information content (AvgIpc) is 2.82. The van der Waals surface area contributed by atoms with E-state index in [-0.39, 0.29) is 5.75 Å². The van der Waals surface area contributed by atoms with Gasteiger partial charge >= 0.3 is 0 Å². The topological polar surface area (TPSA) is 55.2 Å². The van der Waals surface area contributed by atoms with Gasteiger partial charge in [0.25, 0.3) is 0 Å². The molecule has 1 aliphatic heterocycles. The highest BCUT2D eigenvalue weighted by molar-refractivity contribution is 7.88. The van der Waals surface area contributed by atoms with Crippen molar-refractivity contribution in [2.24, 2.45) is 0 Å². The third kappa shape index (κ3) is 2.24. The summed E-state index contributed by atoms with van der Waals surface area (Å²) in [6, 6.07) is 0.487. The van der Waals surface area contributed by atoms with E-state index in [0.29, 0.717) is 25.0 Å². The smallest absolute Gasteiger partial charge is 0.221 e. The van der Waals surface area contributed by atoms with E-state index >= 15 is 0 Å². The van der Waals surface area contributed by atoms with E-state index in [2.05, 4.69) is 4.98 Å². The van der Waals surface area contributed by atoms with Crippen LogP contribution in [0.25, 0.3) is 0 Å². The van der Waals surface area contributed by atoms with E-state index in [0.717, 1.165) is 25.7 Å². The van der Waals surface area contributed by atoms with Crippen molar-refractivity contribution < 1.29 is 8.42 Å². The lowest BCUT2D eigenvalue weighted by Gasteiger charge is -2.15. The van der Waals surface area contributed by atoms with Crippen LogP contribution in [0, 0.1) is 0 Å². The molecule has 1 aromatic heterocycles. The average molecular weight is 255 g/mol. The molecule has 1 aromatic rings. The van der Waals surface area contributed by atoms with Gasteiger partial charge in [0.05, 0.1) is 0 Å². The SMILES string of the molecule is O=S(=O)(Cc1nccn1C1CC1)N1CCCC1. The molecule has 6 heteroatoms. The summed E-state index contributed by atoms with van der Waals surface area (Å²) in [6.45, 7) is 1.35. The maximum atomic E-state index is 12.2. The number of hydrogen-bond acceptors (Lipinski definition) is 3. The molecular weight excluding hydrogens is 238 g/mol. The van der Waals surface area contributed by atoms with Crippen LogP contribution in [0.1, 0.15) is 37.5 Å². The first-order chi connectivity index (χ1) is 8.17. The van der Waals surface area contributed by atoms with Crippen molar-refractivity contribution in [3.8, 4) is 0 Å². The van der Waals surface area contributed by atoms with E-state index in [9.17, 15) is 8.42 Å². The van der Waals surface area contributed by atoms with Crippen LogP contribution in [0.15, 0.2) is 12.4 Å². The van der Waals surface area contributed by atoms with Crippen molar-refractivity contribution in [1.29, 1.82) is 0 Å². The number of nitrogens with zero attached hydrogens (tertiary/aromatic N) is 3. The van der Waals surface area contributed by atoms with Gasteiger partial charge in [0.2, 0.25) is 10.0 Å². The van der Waals surface area contributed by atoms with Crippen LogP contribution in [-0.2, 0) is 15.8 Å². The Kier molecular flexibility index (Phi) is 2.71. The second-order valence-corrected chi connectivity index (χ2v) is 6.81. The first-order valence-electron chi connectivity index (χ1n) is 6.16. The molecule has 94 valence electrons. The predicted octanol–water partition coefficient (Wildman–Crippen LogP) is 1.14. The van der Waals surface area contributed by atoms with Crippen LogP contribution in [0.4, 0.5) is 0 Å². The maximum absolute atomic E-state index is 12.2. The molecule has 2 fully saturated rings. The van der Waals surface area contributed by atoms with E-state index in [1.807, 2.05) is 10.8 Å². The number of sulfonamides is 1. The van der Waals surface area contributed by atoms with E-state index in [1.54, 1.807) is 10.5 Å². The van der Waals surface area contributed by atoms with Gasteiger partial charge in [-0.05, 0) is 25.7 Å². The summed E-state index contributed by atoms with van der Waals surface area (Å²) in [5.41, 5.74) is 0. The van der Waals surface area contributed by atoms with Gasteiger partial charge in [-0.15, -0.1) is 0 Å². The Morgan fingerprint density at radius 3 is 2.65 bits per heavy atom. The largest absolute Gasteiger partial charge is 0.331 e. The Morgan fingerprint density at radius 2 is 2.00 bits per heavy atom. The second-order valence-electron chi connectivity index (χ2n) is 4.84. The molecule has 0 N–H and O–H groups in total. The van der Waals surface area contributed by atoms with Crippen LogP contribution in [-0.4, -0.2) is 35.4 Å². The van der Waals surface area contributed by atoms with Gasteiger partial charge < -0.3 is 4.57 Å². The molecule has 17 heavy (non-hydrogen) atoms. The summed E-state index contributed by atoms with van der Waals surface area (Å²) in [5.74, 6) is 0.746. The van der Waals surface area contributed by atoms with Crippen LogP contribution in [0.2, 0.25) is 0 Å². The van der Waals surface area contributed by atoms with Gasteiger partial charge in [0, 0.05) is 31.5 Å². The first-order valence-corrected chi connectivity index (χ1v) is 7.77. The minimum Gasteiger partial charge on any atom is -0.331 e. The van der Waals surface area contributed by atoms with Crippen LogP contribution in [0.5, 0.6) is 0 Å². The van der Waals surface area contributed by atoms with Crippen molar-refractivity contribution >= 4 is 10.0 Å². The Bertz CT molecular complexity index is 499. The van der Waals surface area contributed by atoms with Crippen molar-refractivity contribution in [3.05, 3.63) is 18.2 Å².